The van der Waals surface area contributed by atoms with Crippen LogP contribution >= 0.6 is 11.5 Å². The lowest BCUT2D eigenvalue weighted by Crippen LogP contribution is -2.21. The van der Waals surface area contributed by atoms with Crippen LogP contribution in [0.2, 0.25) is 0 Å². The minimum absolute atomic E-state index is 0.0742. The van der Waals surface area contributed by atoms with E-state index in [0.717, 1.165) is 11.1 Å². The molecule has 8 nitrogen and oxygen atoms in total. The molecule has 0 saturated heterocycles. The minimum Gasteiger partial charge on any atom is -0.506 e. The highest BCUT2D eigenvalue weighted by atomic mass is 32.1. The molecule has 152 valence electrons. The van der Waals surface area contributed by atoms with Crippen molar-refractivity contribution in [3.8, 4) is 5.75 Å². The molecule has 30 heavy (non-hydrogen) atoms. The molecule has 0 radical (unpaired) electrons. The van der Waals surface area contributed by atoms with Crippen LogP contribution in [0.4, 0.5) is 16.4 Å². The van der Waals surface area contributed by atoms with Crippen LogP contribution in [0, 0.1) is 0 Å². The highest BCUT2D eigenvalue weighted by Gasteiger charge is 2.20. The molecule has 2 aromatic heterocycles. The van der Waals surface area contributed by atoms with Gasteiger partial charge in [-0.1, -0.05) is 12.1 Å². The summed E-state index contributed by atoms with van der Waals surface area (Å²) in [6.07, 6.45) is 1.68. The van der Waals surface area contributed by atoms with Gasteiger partial charge in [0.05, 0.1) is 16.6 Å². The summed E-state index contributed by atoms with van der Waals surface area (Å²) in [4.78, 5) is 18.3. The molecule has 0 aliphatic rings. The Labute approximate surface area is 177 Å². The van der Waals surface area contributed by atoms with E-state index < -0.39 is 0 Å². The van der Waals surface area contributed by atoms with Crippen LogP contribution in [0.5, 0.6) is 5.75 Å². The van der Waals surface area contributed by atoms with Crippen LogP contribution in [0.15, 0.2) is 52.8 Å². The summed E-state index contributed by atoms with van der Waals surface area (Å²) in [5, 5.41) is 25.6. The Morgan fingerprint density at radius 1 is 1.20 bits per heavy atom. The quantitative estimate of drug-likeness (QED) is 0.437. The SMILES string of the molecule is CCNc1cccc2c(O)c(C(=O)N(C)C)cc(N=Nc3snc4ncccc34)c12. The molecular formula is C21H20N6O2S. The lowest BCUT2D eigenvalue weighted by atomic mass is 10.0. The molecule has 4 aromatic rings. The van der Waals surface area contributed by atoms with E-state index >= 15 is 0 Å². The van der Waals surface area contributed by atoms with Crippen LogP contribution in [-0.2, 0) is 0 Å². The van der Waals surface area contributed by atoms with Crippen LogP contribution in [-0.4, -0.2) is 45.9 Å². The number of hydrogen-bond donors (Lipinski definition) is 2. The summed E-state index contributed by atoms with van der Waals surface area (Å²) in [7, 11) is 3.28. The number of nitrogens with zero attached hydrogens (tertiary/aromatic N) is 5. The molecule has 0 atom stereocenters. The van der Waals surface area contributed by atoms with Crippen LogP contribution in [0.25, 0.3) is 21.8 Å². The predicted molar refractivity (Wildman–Crippen MR) is 119 cm³/mol. The highest BCUT2D eigenvalue weighted by molar-refractivity contribution is 7.11. The third-order valence-corrected chi connectivity index (χ3v) is 5.34. The fourth-order valence-corrected chi connectivity index (χ4v) is 3.87. The molecule has 1 amide bonds. The molecule has 4 rings (SSSR count). The number of aromatic nitrogens is 2. The van der Waals surface area contributed by atoms with E-state index in [9.17, 15) is 9.90 Å². The molecule has 0 bridgehead atoms. The third-order valence-electron chi connectivity index (χ3n) is 4.60. The van der Waals surface area contributed by atoms with E-state index in [4.69, 9.17) is 0 Å². The van der Waals surface area contributed by atoms with Gasteiger partial charge in [0.2, 0.25) is 0 Å². The zero-order chi connectivity index (χ0) is 21.3. The number of azo groups is 1. The first-order valence-corrected chi connectivity index (χ1v) is 10.1. The number of hydrogen-bond acceptors (Lipinski definition) is 8. The average Bonchev–Trinajstić information content (AvgIpc) is 3.16. The van der Waals surface area contributed by atoms with Gasteiger partial charge < -0.3 is 15.3 Å². The number of anilines is 1. The first kappa shape index (κ1) is 19.7. The summed E-state index contributed by atoms with van der Waals surface area (Å²) in [5.41, 5.74) is 2.07. The van der Waals surface area contributed by atoms with E-state index in [0.29, 0.717) is 33.7 Å². The van der Waals surface area contributed by atoms with Gasteiger partial charge in [-0.2, -0.15) is 4.37 Å². The molecule has 0 fully saturated rings. The van der Waals surface area contributed by atoms with Crippen molar-refractivity contribution in [2.75, 3.05) is 26.0 Å². The van der Waals surface area contributed by atoms with Gasteiger partial charge in [-0.05, 0) is 42.7 Å². The first-order valence-electron chi connectivity index (χ1n) is 9.37. The third kappa shape index (κ3) is 3.43. The minimum atomic E-state index is -0.313. The van der Waals surface area contributed by atoms with Gasteiger partial charge in [0.25, 0.3) is 5.91 Å². The van der Waals surface area contributed by atoms with Crippen molar-refractivity contribution in [2.45, 2.75) is 6.92 Å². The summed E-state index contributed by atoms with van der Waals surface area (Å²) in [5.74, 6) is -0.387. The maximum Gasteiger partial charge on any atom is 0.257 e. The van der Waals surface area contributed by atoms with E-state index in [2.05, 4.69) is 24.9 Å². The molecular weight excluding hydrogens is 400 g/mol. The average molecular weight is 420 g/mol. The Bertz CT molecular complexity index is 1280. The summed E-state index contributed by atoms with van der Waals surface area (Å²) < 4.78 is 4.29. The van der Waals surface area contributed by atoms with Crippen LogP contribution < -0.4 is 5.32 Å². The van der Waals surface area contributed by atoms with Gasteiger partial charge in [-0.25, -0.2) is 4.98 Å². The number of benzene rings is 2. The zero-order valence-electron chi connectivity index (χ0n) is 16.7. The topological polar surface area (TPSA) is 103 Å². The smallest absolute Gasteiger partial charge is 0.257 e. The second-order valence-electron chi connectivity index (χ2n) is 6.81. The molecule has 9 heteroatoms. The molecule has 0 aliphatic carbocycles. The number of aromatic hydroxyl groups is 1. The maximum atomic E-state index is 12.6. The van der Waals surface area contributed by atoms with Gasteiger partial charge in [0.15, 0.2) is 10.6 Å². The van der Waals surface area contributed by atoms with Crippen molar-refractivity contribution in [1.29, 1.82) is 0 Å². The van der Waals surface area contributed by atoms with Gasteiger partial charge in [-0.15, -0.1) is 10.2 Å². The highest BCUT2D eigenvalue weighted by Crippen LogP contribution is 2.41. The van der Waals surface area contributed by atoms with Gasteiger partial charge in [0, 0.05) is 43.3 Å². The lowest BCUT2D eigenvalue weighted by Gasteiger charge is -2.16. The van der Waals surface area contributed by atoms with Crippen LogP contribution in [0.1, 0.15) is 17.3 Å². The summed E-state index contributed by atoms with van der Waals surface area (Å²) in [6, 6.07) is 10.8. The van der Waals surface area contributed by atoms with Crippen molar-refractivity contribution < 1.29 is 9.90 Å². The molecule has 0 saturated carbocycles. The maximum absolute atomic E-state index is 12.6. The standard InChI is InChI=1S/C21H20N6O2S/c1-4-22-15-9-5-7-12-17(15)16(11-14(18(12)28)21(29)27(2)3)24-25-20-13-8-6-10-23-19(13)26-30-20/h5-11,22,28H,4H2,1-3H3. The van der Waals surface area contributed by atoms with Gasteiger partial charge in [0.1, 0.15) is 5.75 Å². The van der Waals surface area contributed by atoms with E-state index in [1.165, 1.54) is 16.4 Å². The van der Waals surface area contributed by atoms with Crippen LogP contribution in [0.3, 0.4) is 0 Å². The Kier molecular flexibility index (Phi) is 5.28. The van der Waals surface area contributed by atoms with Crippen molar-refractivity contribution >= 4 is 55.6 Å². The number of amides is 1. The molecule has 2 heterocycles. The number of carbonyl (C=O) groups excluding carboxylic acids is 1. The summed E-state index contributed by atoms with van der Waals surface area (Å²) >= 11 is 1.21. The Balaban J connectivity index is 1.94. The van der Waals surface area contributed by atoms with E-state index in [1.807, 2.05) is 31.2 Å². The fraction of sp³-hybridized carbons (Fsp3) is 0.190. The number of rotatable bonds is 5. The molecule has 0 aliphatic heterocycles. The number of carbonyl (C=O) groups is 1. The lowest BCUT2D eigenvalue weighted by molar-refractivity contribution is 0.0825. The second kappa shape index (κ2) is 8.03. The molecule has 2 aromatic carbocycles. The van der Waals surface area contributed by atoms with E-state index in [-0.39, 0.29) is 17.2 Å². The Morgan fingerprint density at radius 3 is 2.77 bits per heavy atom. The van der Waals surface area contributed by atoms with Gasteiger partial charge >= 0.3 is 0 Å². The number of pyridine rings is 1. The van der Waals surface area contributed by atoms with Crippen molar-refractivity contribution in [3.63, 3.8) is 0 Å². The number of nitrogens with one attached hydrogen (secondary N) is 1. The largest absolute Gasteiger partial charge is 0.506 e. The van der Waals surface area contributed by atoms with Crippen molar-refractivity contribution in [3.05, 3.63) is 48.2 Å². The fourth-order valence-electron chi connectivity index (χ4n) is 3.21. The molecule has 2 N–H and O–H groups in total. The molecule has 0 spiro atoms. The monoisotopic (exact) mass is 420 g/mol. The number of fused-ring (bicyclic) bond motifs is 2. The predicted octanol–water partition coefficient (Wildman–Crippen LogP) is 5.10. The van der Waals surface area contributed by atoms with Crippen molar-refractivity contribution in [1.82, 2.24) is 14.3 Å². The second-order valence-corrected chi connectivity index (χ2v) is 7.56. The number of phenols is 1. The summed E-state index contributed by atoms with van der Waals surface area (Å²) in [6.45, 7) is 2.68. The Hall–Kier alpha value is -3.59. The Morgan fingerprint density at radius 2 is 2.00 bits per heavy atom. The van der Waals surface area contributed by atoms with Gasteiger partial charge in [-0.3, -0.25) is 4.79 Å². The first-order chi connectivity index (χ1) is 14.5. The molecule has 0 unspecified atom stereocenters. The normalized spacial score (nSPS) is 11.4. The number of phenolic OH excluding ortho intramolecular Hbond substituents is 1. The van der Waals surface area contributed by atoms with E-state index in [1.54, 1.807) is 32.4 Å². The van der Waals surface area contributed by atoms with Crippen molar-refractivity contribution in [2.24, 2.45) is 10.2 Å². The zero-order valence-corrected chi connectivity index (χ0v) is 17.6.